The zero-order valence-corrected chi connectivity index (χ0v) is 11.8. The van der Waals surface area contributed by atoms with E-state index in [0.29, 0.717) is 28.9 Å². The number of aryl methyl sites for hydroxylation is 2. The highest BCUT2D eigenvalue weighted by Crippen LogP contribution is 2.39. The Balaban J connectivity index is 1.84. The standard InChI is InChI=1S/C15H14N4O2/c1-8-12(5-11(7-16)21-8)15(20)19-14-6-13(10-3-4-10)17-9(2)18-14/h5-6,10H,3-4H2,1-2H3,(H,17,18,19,20). The highest BCUT2D eigenvalue weighted by atomic mass is 16.3. The van der Waals surface area contributed by atoms with Gasteiger partial charge in [-0.1, -0.05) is 0 Å². The second-order valence-corrected chi connectivity index (χ2v) is 5.15. The van der Waals surface area contributed by atoms with E-state index in [1.807, 2.05) is 12.1 Å². The Morgan fingerprint density at radius 3 is 2.76 bits per heavy atom. The van der Waals surface area contributed by atoms with Crippen molar-refractivity contribution in [3.05, 3.63) is 40.7 Å². The van der Waals surface area contributed by atoms with Gasteiger partial charge in [0.1, 0.15) is 23.5 Å². The summed E-state index contributed by atoms with van der Waals surface area (Å²) in [6.45, 7) is 3.45. The molecule has 1 amide bonds. The van der Waals surface area contributed by atoms with Crippen molar-refractivity contribution in [2.24, 2.45) is 0 Å². The fourth-order valence-electron chi connectivity index (χ4n) is 2.19. The molecule has 1 aliphatic rings. The summed E-state index contributed by atoms with van der Waals surface area (Å²) in [5.74, 6) is 1.80. The molecule has 21 heavy (non-hydrogen) atoms. The van der Waals surface area contributed by atoms with E-state index in [2.05, 4.69) is 15.3 Å². The summed E-state index contributed by atoms with van der Waals surface area (Å²) >= 11 is 0. The van der Waals surface area contributed by atoms with Crippen molar-refractivity contribution in [3.63, 3.8) is 0 Å². The van der Waals surface area contributed by atoms with E-state index >= 15 is 0 Å². The lowest BCUT2D eigenvalue weighted by Crippen LogP contribution is -2.14. The second kappa shape index (κ2) is 5.02. The van der Waals surface area contributed by atoms with Gasteiger partial charge < -0.3 is 9.73 Å². The predicted molar refractivity (Wildman–Crippen MR) is 74.9 cm³/mol. The van der Waals surface area contributed by atoms with E-state index in [1.165, 1.54) is 6.07 Å². The minimum Gasteiger partial charge on any atom is -0.450 e. The lowest BCUT2D eigenvalue weighted by atomic mass is 10.2. The van der Waals surface area contributed by atoms with Gasteiger partial charge in [-0.15, -0.1) is 0 Å². The summed E-state index contributed by atoms with van der Waals surface area (Å²) in [4.78, 5) is 20.8. The number of furan rings is 1. The molecule has 0 atom stereocenters. The van der Waals surface area contributed by atoms with E-state index in [1.54, 1.807) is 13.8 Å². The molecule has 1 fully saturated rings. The van der Waals surface area contributed by atoms with Gasteiger partial charge in [0, 0.05) is 23.7 Å². The summed E-state index contributed by atoms with van der Waals surface area (Å²) in [7, 11) is 0. The van der Waals surface area contributed by atoms with Crippen LogP contribution in [0.2, 0.25) is 0 Å². The molecule has 0 aliphatic heterocycles. The largest absolute Gasteiger partial charge is 0.450 e. The molecule has 6 nitrogen and oxygen atoms in total. The lowest BCUT2D eigenvalue weighted by Gasteiger charge is -2.06. The molecule has 0 bridgehead atoms. The fraction of sp³-hybridized carbons (Fsp3) is 0.333. The third-order valence-corrected chi connectivity index (χ3v) is 3.37. The van der Waals surface area contributed by atoms with Crippen LogP contribution in [-0.2, 0) is 0 Å². The Morgan fingerprint density at radius 1 is 1.38 bits per heavy atom. The van der Waals surface area contributed by atoms with Crippen LogP contribution >= 0.6 is 0 Å². The monoisotopic (exact) mass is 282 g/mol. The molecule has 1 N–H and O–H groups in total. The zero-order valence-electron chi connectivity index (χ0n) is 11.8. The van der Waals surface area contributed by atoms with Crippen LogP contribution in [0.5, 0.6) is 0 Å². The molecule has 106 valence electrons. The number of nitrogens with zero attached hydrogens (tertiary/aromatic N) is 3. The highest BCUT2D eigenvalue weighted by molar-refractivity contribution is 6.04. The van der Waals surface area contributed by atoms with E-state index in [-0.39, 0.29) is 11.7 Å². The van der Waals surface area contributed by atoms with Gasteiger partial charge in [0.2, 0.25) is 5.76 Å². The molecule has 0 saturated heterocycles. The lowest BCUT2D eigenvalue weighted by molar-refractivity contribution is 0.102. The van der Waals surface area contributed by atoms with Crippen molar-refractivity contribution >= 4 is 11.7 Å². The third kappa shape index (κ3) is 2.77. The Kier molecular flexibility index (Phi) is 3.18. The molecule has 2 aromatic heterocycles. The van der Waals surface area contributed by atoms with Crippen molar-refractivity contribution < 1.29 is 9.21 Å². The van der Waals surface area contributed by atoms with Gasteiger partial charge >= 0.3 is 0 Å². The highest BCUT2D eigenvalue weighted by Gasteiger charge is 2.26. The number of amides is 1. The predicted octanol–water partition coefficient (Wildman–Crippen LogP) is 2.69. The number of nitrogens with one attached hydrogen (secondary N) is 1. The van der Waals surface area contributed by atoms with Gasteiger partial charge in [0.25, 0.3) is 5.91 Å². The Bertz CT molecular complexity index is 754. The van der Waals surface area contributed by atoms with Gasteiger partial charge in [0.15, 0.2) is 0 Å². The molecule has 0 aromatic carbocycles. The number of carbonyl (C=O) groups excluding carboxylic acids is 1. The number of hydrogen-bond donors (Lipinski definition) is 1. The fourth-order valence-corrected chi connectivity index (χ4v) is 2.19. The molecule has 1 aliphatic carbocycles. The maximum Gasteiger partial charge on any atom is 0.260 e. The topological polar surface area (TPSA) is 91.8 Å². The van der Waals surface area contributed by atoms with Crippen molar-refractivity contribution in [3.8, 4) is 6.07 Å². The number of nitriles is 1. The Labute approximate surface area is 121 Å². The van der Waals surface area contributed by atoms with Crippen LogP contribution in [0.4, 0.5) is 5.82 Å². The summed E-state index contributed by atoms with van der Waals surface area (Å²) in [5.41, 5.74) is 1.32. The first-order valence-corrected chi connectivity index (χ1v) is 6.74. The van der Waals surface area contributed by atoms with Gasteiger partial charge in [-0.05, 0) is 26.7 Å². The minimum atomic E-state index is -0.336. The maximum atomic E-state index is 12.2. The molecular weight excluding hydrogens is 268 g/mol. The third-order valence-electron chi connectivity index (χ3n) is 3.37. The molecule has 0 unspecified atom stereocenters. The SMILES string of the molecule is Cc1nc(NC(=O)c2cc(C#N)oc2C)cc(C2CC2)n1. The Morgan fingerprint density at radius 2 is 2.14 bits per heavy atom. The number of aromatic nitrogens is 2. The molecular formula is C15H14N4O2. The quantitative estimate of drug-likeness (QED) is 0.934. The number of rotatable bonds is 3. The zero-order chi connectivity index (χ0) is 15.0. The molecule has 1 saturated carbocycles. The van der Waals surface area contributed by atoms with Crippen LogP contribution in [0.1, 0.15) is 52.2 Å². The summed E-state index contributed by atoms with van der Waals surface area (Å²) in [6.07, 6.45) is 2.27. The molecule has 0 radical (unpaired) electrons. The summed E-state index contributed by atoms with van der Waals surface area (Å²) < 4.78 is 5.16. The van der Waals surface area contributed by atoms with Crippen LogP contribution in [0, 0.1) is 25.2 Å². The van der Waals surface area contributed by atoms with E-state index in [4.69, 9.17) is 9.68 Å². The minimum absolute atomic E-state index is 0.121. The van der Waals surface area contributed by atoms with Crippen molar-refractivity contribution in [1.82, 2.24) is 9.97 Å². The summed E-state index contributed by atoms with van der Waals surface area (Å²) in [5, 5.41) is 11.5. The summed E-state index contributed by atoms with van der Waals surface area (Å²) in [6, 6.07) is 5.12. The van der Waals surface area contributed by atoms with Crippen LogP contribution in [-0.4, -0.2) is 15.9 Å². The van der Waals surface area contributed by atoms with Crippen LogP contribution in [0.25, 0.3) is 0 Å². The van der Waals surface area contributed by atoms with Crippen LogP contribution in [0.3, 0.4) is 0 Å². The molecule has 2 aromatic rings. The Hall–Kier alpha value is -2.68. The molecule has 6 heteroatoms. The van der Waals surface area contributed by atoms with Crippen LogP contribution < -0.4 is 5.32 Å². The van der Waals surface area contributed by atoms with Crippen molar-refractivity contribution in [2.45, 2.75) is 32.6 Å². The van der Waals surface area contributed by atoms with Gasteiger partial charge in [0.05, 0.1) is 5.56 Å². The van der Waals surface area contributed by atoms with Gasteiger partial charge in [-0.2, -0.15) is 5.26 Å². The normalized spacial score (nSPS) is 13.8. The van der Waals surface area contributed by atoms with Crippen molar-refractivity contribution in [2.75, 3.05) is 5.32 Å². The molecule has 0 spiro atoms. The number of anilines is 1. The number of hydrogen-bond acceptors (Lipinski definition) is 5. The average Bonchev–Trinajstić information content (AvgIpc) is 3.21. The van der Waals surface area contributed by atoms with Gasteiger partial charge in [-0.25, -0.2) is 9.97 Å². The average molecular weight is 282 g/mol. The molecule has 3 rings (SSSR count). The first-order chi connectivity index (χ1) is 10.1. The number of carbonyl (C=O) groups is 1. The van der Waals surface area contributed by atoms with E-state index < -0.39 is 0 Å². The smallest absolute Gasteiger partial charge is 0.260 e. The van der Waals surface area contributed by atoms with E-state index in [9.17, 15) is 4.79 Å². The second-order valence-electron chi connectivity index (χ2n) is 5.15. The first kappa shape index (κ1) is 13.3. The first-order valence-electron chi connectivity index (χ1n) is 6.74. The van der Waals surface area contributed by atoms with Crippen LogP contribution in [0.15, 0.2) is 16.5 Å². The molecule has 2 heterocycles. The van der Waals surface area contributed by atoms with E-state index in [0.717, 1.165) is 18.5 Å². The van der Waals surface area contributed by atoms with Crippen molar-refractivity contribution in [1.29, 1.82) is 5.26 Å². The van der Waals surface area contributed by atoms with Gasteiger partial charge in [-0.3, -0.25) is 4.79 Å². The maximum absolute atomic E-state index is 12.2.